The fourth-order valence-electron chi connectivity index (χ4n) is 2.48. The molecule has 0 saturated heterocycles. The highest BCUT2D eigenvalue weighted by molar-refractivity contribution is 5.95. The van der Waals surface area contributed by atoms with Crippen LogP contribution in [0.15, 0.2) is 78.3 Å². The second-order valence-corrected chi connectivity index (χ2v) is 5.79. The first-order valence-corrected chi connectivity index (χ1v) is 11.2. The summed E-state index contributed by atoms with van der Waals surface area (Å²) in [7, 11) is 0. The standard InChI is InChI=1S/C20H17FN2O4.3C2H6/c21-15-10-17(19(23-12-15)27-16-4-2-1-3-5-16)18(24)22-11-13-6-8-14(9-7-13)20(25)26;3*1-2/h1-10,12,19,23H,11H2,(H,22,24)(H,25,26);3*1-2H3. The van der Waals surface area contributed by atoms with E-state index in [-0.39, 0.29) is 17.7 Å². The van der Waals surface area contributed by atoms with E-state index in [1.165, 1.54) is 12.1 Å². The Hall–Kier alpha value is -3.61. The van der Waals surface area contributed by atoms with Crippen LogP contribution >= 0.6 is 0 Å². The molecule has 0 fully saturated rings. The molecule has 0 spiro atoms. The average Bonchev–Trinajstić information content (AvgIpc) is 2.88. The van der Waals surface area contributed by atoms with Crippen molar-refractivity contribution in [2.45, 2.75) is 54.3 Å². The van der Waals surface area contributed by atoms with E-state index in [1.54, 1.807) is 36.4 Å². The summed E-state index contributed by atoms with van der Waals surface area (Å²) in [5.74, 6) is -1.56. The van der Waals surface area contributed by atoms with Crippen LogP contribution in [0.3, 0.4) is 0 Å². The number of ether oxygens (including phenoxy) is 1. The van der Waals surface area contributed by atoms with Crippen LogP contribution < -0.4 is 15.4 Å². The predicted octanol–water partition coefficient (Wildman–Crippen LogP) is 5.83. The largest absolute Gasteiger partial charge is 0.478 e. The Morgan fingerprint density at radius 1 is 0.970 bits per heavy atom. The molecule has 33 heavy (non-hydrogen) atoms. The summed E-state index contributed by atoms with van der Waals surface area (Å²) in [5.41, 5.74) is 0.975. The molecular formula is C26H35FN2O4. The van der Waals surface area contributed by atoms with Crippen LogP contribution in [0.1, 0.15) is 57.5 Å². The molecule has 0 bridgehead atoms. The molecule has 2 aromatic carbocycles. The van der Waals surface area contributed by atoms with Crippen LogP contribution in [0.2, 0.25) is 0 Å². The molecule has 7 heteroatoms. The van der Waals surface area contributed by atoms with E-state index in [4.69, 9.17) is 9.84 Å². The lowest BCUT2D eigenvalue weighted by molar-refractivity contribution is -0.118. The number of carboxylic acid groups (broad SMARTS) is 1. The molecule has 1 unspecified atom stereocenters. The van der Waals surface area contributed by atoms with Crippen LogP contribution in [0.4, 0.5) is 4.39 Å². The SMILES string of the molecule is CC.CC.CC.O=C(NCc1ccc(C(=O)O)cc1)C1=CC(F)=CNC1Oc1ccccc1. The monoisotopic (exact) mass is 458 g/mol. The summed E-state index contributed by atoms with van der Waals surface area (Å²) < 4.78 is 19.3. The Labute approximate surface area is 196 Å². The van der Waals surface area contributed by atoms with Crippen molar-refractivity contribution in [3.63, 3.8) is 0 Å². The summed E-state index contributed by atoms with van der Waals surface area (Å²) in [6.07, 6.45) is 1.42. The van der Waals surface area contributed by atoms with Gasteiger partial charge in [-0.3, -0.25) is 4.79 Å². The summed E-state index contributed by atoms with van der Waals surface area (Å²) in [4.78, 5) is 23.4. The van der Waals surface area contributed by atoms with E-state index < -0.39 is 23.9 Å². The van der Waals surface area contributed by atoms with Crippen molar-refractivity contribution >= 4 is 11.9 Å². The summed E-state index contributed by atoms with van der Waals surface area (Å²) in [5, 5.41) is 14.3. The molecule has 2 aromatic rings. The lowest BCUT2D eigenvalue weighted by Gasteiger charge is -2.24. The molecule has 1 atom stereocenters. The maximum atomic E-state index is 13.6. The minimum atomic E-state index is -1.02. The Balaban J connectivity index is 0.00000158. The smallest absolute Gasteiger partial charge is 0.335 e. The van der Waals surface area contributed by atoms with Gasteiger partial charge in [-0.1, -0.05) is 71.9 Å². The average molecular weight is 459 g/mol. The number of hydrogen-bond donors (Lipinski definition) is 3. The fraction of sp³-hybridized carbons (Fsp3) is 0.308. The maximum absolute atomic E-state index is 13.6. The number of para-hydroxylation sites is 1. The molecule has 0 radical (unpaired) electrons. The van der Waals surface area contributed by atoms with Gasteiger partial charge in [-0.2, -0.15) is 0 Å². The van der Waals surface area contributed by atoms with Gasteiger partial charge in [-0.15, -0.1) is 0 Å². The van der Waals surface area contributed by atoms with Gasteiger partial charge in [0.1, 0.15) is 11.6 Å². The van der Waals surface area contributed by atoms with E-state index in [0.717, 1.165) is 12.3 Å². The third-order valence-corrected chi connectivity index (χ3v) is 3.86. The van der Waals surface area contributed by atoms with E-state index in [9.17, 15) is 14.0 Å². The molecule has 0 aromatic heterocycles. The summed E-state index contributed by atoms with van der Waals surface area (Å²) in [6.45, 7) is 12.2. The van der Waals surface area contributed by atoms with Gasteiger partial charge in [-0.25, -0.2) is 9.18 Å². The molecular weight excluding hydrogens is 423 g/mol. The normalized spacial score (nSPS) is 13.5. The highest BCUT2D eigenvalue weighted by Gasteiger charge is 2.25. The highest BCUT2D eigenvalue weighted by atomic mass is 19.1. The molecule has 1 amide bonds. The number of rotatable bonds is 6. The van der Waals surface area contributed by atoms with E-state index in [0.29, 0.717) is 11.3 Å². The van der Waals surface area contributed by atoms with Gasteiger partial charge in [0.2, 0.25) is 6.23 Å². The Morgan fingerprint density at radius 3 is 2.09 bits per heavy atom. The Morgan fingerprint density at radius 2 is 1.55 bits per heavy atom. The Bertz CT molecular complexity index is 894. The number of carbonyl (C=O) groups excluding carboxylic acids is 1. The molecule has 180 valence electrons. The number of carbonyl (C=O) groups is 2. The van der Waals surface area contributed by atoms with Crippen LogP contribution in [-0.2, 0) is 11.3 Å². The molecule has 1 aliphatic rings. The van der Waals surface area contributed by atoms with Crippen molar-refractivity contribution in [3.8, 4) is 5.75 Å². The molecule has 0 saturated carbocycles. The zero-order chi connectivity index (χ0) is 25.2. The van der Waals surface area contributed by atoms with Gasteiger partial charge in [0.25, 0.3) is 5.91 Å². The van der Waals surface area contributed by atoms with Crippen molar-refractivity contribution < 1.29 is 23.8 Å². The lowest BCUT2D eigenvalue weighted by Crippen LogP contribution is -2.41. The fourth-order valence-corrected chi connectivity index (χ4v) is 2.48. The molecule has 1 aliphatic heterocycles. The van der Waals surface area contributed by atoms with Gasteiger partial charge >= 0.3 is 5.97 Å². The van der Waals surface area contributed by atoms with Gasteiger partial charge < -0.3 is 20.5 Å². The van der Waals surface area contributed by atoms with Gasteiger partial charge in [-0.05, 0) is 35.9 Å². The second kappa shape index (κ2) is 17.0. The van der Waals surface area contributed by atoms with Crippen LogP contribution in [-0.4, -0.2) is 23.2 Å². The number of hydrogen-bond acceptors (Lipinski definition) is 4. The number of halogens is 1. The third-order valence-electron chi connectivity index (χ3n) is 3.86. The zero-order valence-corrected chi connectivity index (χ0v) is 20.2. The molecule has 3 N–H and O–H groups in total. The number of amides is 1. The number of carboxylic acids is 1. The van der Waals surface area contributed by atoms with E-state index in [1.807, 2.05) is 47.6 Å². The third kappa shape index (κ3) is 10.0. The number of allylic oxidation sites excluding steroid dienone is 2. The Kier molecular flexibility index (Phi) is 15.1. The van der Waals surface area contributed by atoms with Crippen molar-refractivity contribution in [3.05, 3.63) is 89.4 Å². The maximum Gasteiger partial charge on any atom is 0.335 e. The number of dihydropyridines is 1. The minimum absolute atomic E-state index is 0.0982. The number of aromatic carboxylic acids is 1. The minimum Gasteiger partial charge on any atom is -0.478 e. The first-order valence-electron chi connectivity index (χ1n) is 11.2. The zero-order valence-electron chi connectivity index (χ0n) is 20.2. The highest BCUT2D eigenvalue weighted by Crippen LogP contribution is 2.19. The van der Waals surface area contributed by atoms with Crippen LogP contribution in [0, 0.1) is 0 Å². The molecule has 1 heterocycles. The van der Waals surface area contributed by atoms with Crippen LogP contribution in [0.5, 0.6) is 5.75 Å². The van der Waals surface area contributed by atoms with Crippen molar-refractivity contribution in [1.82, 2.24) is 10.6 Å². The van der Waals surface area contributed by atoms with Gasteiger partial charge in [0, 0.05) is 12.7 Å². The quantitative estimate of drug-likeness (QED) is 0.507. The second-order valence-electron chi connectivity index (χ2n) is 5.79. The van der Waals surface area contributed by atoms with Crippen molar-refractivity contribution in [1.29, 1.82) is 0 Å². The van der Waals surface area contributed by atoms with Crippen molar-refractivity contribution in [2.24, 2.45) is 0 Å². The predicted molar refractivity (Wildman–Crippen MR) is 131 cm³/mol. The lowest BCUT2D eigenvalue weighted by atomic mass is 10.1. The van der Waals surface area contributed by atoms with E-state index in [2.05, 4.69) is 10.6 Å². The molecule has 3 rings (SSSR count). The molecule has 6 nitrogen and oxygen atoms in total. The van der Waals surface area contributed by atoms with Gasteiger partial charge in [0.05, 0.1) is 11.1 Å². The van der Waals surface area contributed by atoms with Gasteiger partial charge in [0.15, 0.2) is 0 Å². The topological polar surface area (TPSA) is 87.7 Å². The van der Waals surface area contributed by atoms with Crippen molar-refractivity contribution in [2.75, 3.05) is 0 Å². The van der Waals surface area contributed by atoms with Crippen LogP contribution in [0.25, 0.3) is 0 Å². The number of benzene rings is 2. The number of nitrogens with one attached hydrogen (secondary N) is 2. The molecule has 0 aliphatic carbocycles. The summed E-state index contributed by atoms with van der Waals surface area (Å²) in [6, 6.07) is 15.0. The first kappa shape index (κ1) is 29.4. The summed E-state index contributed by atoms with van der Waals surface area (Å²) >= 11 is 0. The van der Waals surface area contributed by atoms with E-state index >= 15 is 0 Å². The first-order chi connectivity index (χ1) is 16.0.